The Morgan fingerprint density at radius 1 is 0.972 bits per heavy atom. The summed E-state index contributed by atoms with van der Waals surface area (Å²) in [5, 5.41) is 0. The number of halogens is 5. The number of urea groups is 1. The van der Waals surface area contributed by atoms with Crippen LogP contribution in [0.1, 0.15) is 22.8 Å². The number of alkyl halides is 3. The molecule has 0 aliphatic carbocycles. The molecule has 0 atom stereocenters. The first-order chi connectivity index (χ1) is 17.0. The molecular weight excluding hydrogens is 489 g/mol. The predicted octanol–water partition coefficient (Wildman–Crippen LogP) is 3.05. The fraction of sp³-hybridized carbons (Fsp3) is 0.348. The Morgan fingerprint density at radius 3 is 2.25 bits per heavy atom. The quantitative estimate of drug-likeness (QED) is 0.476. The van der Waals surface area contributed by atoms with Crippen LogP contribution in [-0.4, -0.2) is 66.5 Å². The molecule has 2 aromatic rings. The second-order valence-electron chi connectivity index (χ2n) is 7.98. The highest BCUT2D eigenvalue weighted by atomic mass is 19.4. The van der Waals surface area contributed by atoms with Gasteiger partial charge in [0.2, 0.25) is 0 Å². The van der Waals surface area contributed by atoms with E-state index in [1.54, 1.807) is 10.3 Å². The molecule has 0 spiro atoms. The number of carbonyl (C=O) groups excluding carboxylic acids is 3. The number of amides is 4. The van der Waals surface area contributed by atoms with Gasteiger partial charge in [0.05, 0.1) is 6.54 Å². The maximum Gasteiger partial charge on any atom is 0.472 e. The van der Waals surface area contributed by atoms with Crippen molar-refractivity contribution < 1.29 is 36.3 Å². The van der Waals surface area contributed by atoms with Gasteiger partial charge in [-0.15, -0.1) is 0 Å². The number of rotatable bonds is 5. The van der Waals surface area contributed by atoms with Crippen LogP contribution in [0.4, 0.5) is 32.4 Å². The maximum atomic E-state index is 14.9. The van der Waals surface area contributed by atoms with Crippen molar-refractivity contribution in [3.05, 3.63) is 65.2 Å². The third kappa shape index (κ3) is 6.68. The van der Waals surface area contributed by atoms with Gasteiger partial charge in [0.25, 0.3) is 5.91 Å². The Morgan fingerprint density at radius 2 is 1.67 bits per heavy atom. The number of nitrogens with one attached hydrogen (secondary N) is 2. The number of hydrogen-bond acceptors (Lipinski definition) is 4. The average Bonchev–Trinajstić information content (AvgIpc) is 2.85. The van der Waals surface area contributed by atoms with Gasteiger partial charge in [0, 0.05) is 43.0 Å². The highest BCUT2D eigenvalue weighted by Gasteiger charge is 2.39. The van der Waals surface area contributed by atoms with E-state index in [9.17, 15) is 36.3 Å². The van der Waals surface area contributed by atoms with Crippen LogP contribution >= 0.6 is 0 Å². The number of benzene rings is 2. The average molecular weight is 513 g/mol. The number of anilines is 1. The number of hydrazine groups is 1. The van der Waals surface area contributed by atoms with Crippen LogP contribution in [0.5, 0.6) is 0 Å². The van der Waals surface area contributed by atoms with Gasteiger partial charge < -0.3 is 9.80 Å². The largest absolute Gasteiger partial charge is 0.472 e. The summed E-state index contributed by atoms with van der Waals surface area (Å²) in [4.78, 5) is 41.1. The summed E-state index contributed by atoms with van der Waals surface area (Å²) in [7, 11) is 0. The Hall–Kier alpha value is -3.74. The molecule has 0 aromatic heterocycles. The van der Waals surface area contributed by atoms with Crippen molar-refractivity contribution in [1.82, 2.24) is 20.7 Å². The Kier molecular flexibility index (Phi) is 8.45. The van der Waals surface area contributed by atoms with Crippen molar-refractivity contribution in [2.45, 2.75) is 19.6 Å². The summed E-state index contributed by atoms with van der Waals surface area (Å²) in [5.41, 5.74) is 2.56. The molecule has 194 valence electrons. The van der Waals surface area contributed by atoms with Gasteiger partial charge in [-0.3, -0.25) is 25.3 Å². The number of nitrogens with zero attached hydrogens (tertiary/aromatic N) is 3. The Balaban J connectivity index is 1.78. The van der Waals surface area contributed by atoms with E-state index in [1.165, 1.54) is 34.6 Å². The third-order valence-electron chi connectivity index (χ3n) is 5.63. The van der Waals surface area contributed by atoms with Gasteiger partial charge in [-0.2, -0.15) is 13.2 Å². The Labute approximate surface area is 203 Å². The van der Waals surface area contributed by atoms with Crippen LogP contribution in [0.3, 0.4) is 0 Å². The minimum absolute atomic E-state index is 0.0179. The standard InChI is InChI=1S/C23H24F5N5O3/c1-2-31-8-10-32(11-9-31)22(36)33(18-5-3-4-17(24)13-18)14-16-7-6-15(12-19(16)25)20(34)29-30-21(35)23(26,27)28/h3-7,12-13H,2,8-11,14H2,1H3,(H,29,34)(H,30,35). The third-order valence-corrected chi connectivity index (χ3v) is 5.63. The van der Waals surface area contributed by atoms with E-state index >= 15 is 0 Å². The van der Waals surface area contributed by atoms with Crippen LogP contribution in [0.25, 0.3) is 0 Å². The lowest BCUT2D eigenvalue weighted by Crippen LogP contribution is -2.52. The highest BCUT2D eigenvalue weighted by Crippen LogP contribution is 2.23. The molecule has 2 N–H and O–H groups in total. The van der Waals surface area contributed by atoms with Crippen molar-refractivity contribution >= 4 is 23.5 Å². The minimum atomic E-state index is -5.21. The van der Waals surface area contributed by atoms with Crippen LogP contribution in [0, 0.1) is 11.6 Å². The summed E-state index contributed by atoms with van der Waals surface area (Å²) >= 11 is 0. The van der Waals surface area contributed by atoms with Crippen LogP contribution in [0.2, 0.25) is 0 Å². The molecular formula is C23H24F5N5O3. The van der Waals surface area contributed by atoms with Crippen molar-refractivity contribution in [2.24, 2.45) is 0 Å². The molecule has 8 nitrogen and oxygen atoms in total. The predicted molar refractivity (Wildman–Crippen MR) is 120 cm³/mol. The highest BCUT2D eigenvalue weighted by molar-refractivity contribution is 5.96. The minimum Gasteiger partial charge on any atom is -0.322 e. The first kappa shape index (κ1) is 26.9. The Bertz CT molecular complexity index is 1120. The first-order valence-corrected chi connectivity index (χ1v) is 11.0. The van der Waals surface area contributed by atoms with Gasteiger partial charge in [0.1, 0.15) is 11.6 Å². The van der Waals surface area contributed by atoms with Crippen LogP contribution in [-0.2, 0) is 11.3 Å². The molecule has 0 unspecified atom stereocenters. The summed E-state index contributed by atoms with van der Waals surface area (Å²) in [5.74, 6) is -5.08. The molecule has 1 saturated heterocycles. The lowest BCUT2D eigenvalue weighted by atomic mass is 10.1. The molecule has 1 aliphatic rings. The second-order valence-corrected chi connectivity index (χ2v) is 7.98. The van der Waals surface area contributed by atoms with Crippen molar-refractivity contribution in [2.75, 3.05) is 37.6 Å². The van der Waals surface area contributed by atoms with E-state index in [-0.39, 0.29) is 23.4 Å². The van der Waals surface area contributed by atoms with E-state index < -0.39 is 35.7 Å². The monoisotopic (exact) mass is 513 g/mol. The molecule has 3 rings (SSSR count). The van der Waals surface area contributed by atoms with E-state index in [4.69, 9.17) is 0 Å². The van der Waals surface area contributed by atoms with Crippen LogP contribution in [0.15, 0.2) is 42.5 Å². The summed E-state index contributed by atoms with van der Waals surface area (Å²) in [6.07, 6.45) is -5.21. The molecule has 0 radical (unpaired) electrons. The molecule has 4 amide bonds. The first-order valence-electron chi connectivity index (χ1n) is 11.0. The summed E-state index contributed by atoms with van der Waals surface area (Å²) in [6, 6.07) is 7.89. The molecule has 13 heteroatoms. The second kappa shape index (κ2) is 11.3. The van der Waals surface area contributed by atoms with Crippen molar-refractivity contribution in [3.8, 4) is 0 Å². The number of piperazine rings is 1. The topological polar surface area (TPSA) is 85.0 Å². The smallest absolute Gasteiger partial charge is 0.322 e. The van der Waals surface area contributed by atoms with Gasteiger partial charge in [-0.05, 0) is 36.9 Å². The summed E-state index contributed by atoms with van der Waals surface area (Å²) in [6.45, 7) is 4.72. The zero-order valence-electron chi connectivity index (χ0n) is 19.2. The van der Waals surface area contributed by atoms with E-state index in [0.717, 1.165) is 24.7 Å². The molecule has 1 aliphatic heterocycles. The van der Waals surface area contributed by atoms with Gasteiger partial charge in [-0.1, -0.05) is 19.1 Å². The molecule has 2 aromatic carbocycles. The summed E-state index contributed by atoms with van der Waals surface area (Å²) < 4.78 is 65.6. The fourth-order valence-electron chi connectivity index (χ4n) is 3.58. The number of likely N-dealkylation sites (N-methyl/N-ethyl adjacent to an activating group) is 1. The molecule has 36 heavy (non-hydrogen) atoms. The van der Waals surface area contributed by atoms with Gasteiger partial charge in [0.15, 0.2) is 0 Å². The van der Waals surface area contributed by atoms with E-state index in [0.29, 0.717) is 26.2 Å². The number of hydrogen-bond donors (Lipinski definition) is 2. The zero-order valence-corrected chi connectivity index (χ0v) is 19.2. The molecule has 1 heterocycles. The lowest BCUT2D eigenvalue weighted by Gasteiger charge is -2.37. The SMILES string of the molecule is CCN1CCN(C(=O)N(Cc2ccc(C(=O)NNC(=O)C(F)(F)F)cc2F)c2cccc(F)c2)CC1. The van der Waals surface area contributed by atoms with E-state index in [2.05, 4.69) is 4.90 Å². The van der Waals surface area contributed by atoms with Crippen LogP contribution < -0.4 is 15.8 Å². The van der Waals surface area contributed by atoms with E-state index in [1.807, 2.05) is 6.92 Å². The molecule has 1 fully saturated rings. The van der Waals surface area contributed by atoms with Gasteiger partial charge >= 0.3 is 18.1 Å². The number of carbonyl (C=O) groups is 3. The molecule has 0 saturated carbocycles. The van der Waals surface area contributed by atoms with Crippen molar-refractivity contribution in [1.29, 1.82) is 0 Å². The molecule has 0 bridgehead atoms. The van der Waals surface area contributed by atoms with Crippen molar-refractivity contribution in [3.63, 3.8) is 0 Å². The lowest BCUT2D eigenvalue weighted by molar-refractivity contribution is -0.174. The maximum absolute atomic E-state index is 14.9. The van der Waals surface area contributed by atoms with Gasteiger partial charge in [-0.25, -0.2) is 13.6 Å². The fourth-order valence-corrected chi connectivity index (χ4v) is 3.58. The normalized spacial score (nSPS) is 14.3. The zero-order chi connectivity index (χ0) is 26.5.